The molecule has 0 aromatic heterocycles. The third-order valence-corrected chi connectivity index (χ3v) is 1.45. The summed E-state index contributed by atoms with van der Waals surface area (Å²) in [4.78, 5) is 10.6. The van der Waals surface area contributed by atoms with E-state index in [4.69, 9.17) is 14.2 Å². The summed E-state index contributed by atoms with van der Waals surface area (Å²) < 4.78 is 14.9. The Bertz CT molecular complexity index is 135. The van der Waals surface area contributed by atoms with Crippen LogP contribution in [0.25, 0.3) is 0 Å². The number of rotatable bonds is 8. The molecule has 4 nitrogen and oxygen atoms in total. The van der Waals surface area contributed by atoms with Gasteiger partial charge >= 0.3 is 30.4 Å². The van der Waals surface area contributed by atoms with Crippen molar-refractivity contribution in [2.45, 2.75) is 6.92 Å². The average molecular weight is 333 g/mol. The fourth-order valence-corrected chi connectivity index (χ4v) is 0.716. The van der Waals surface area contributed by atoms with Crippen LogP contribution in [0.5, 0.6) is 0 Å². The van der Waals surface area contributed by atoms with Crippen LogP contribution in [-0.2, 0) is 19.0 Å². The molecule has 0 saturated carbocycles. The molecule has 0 heterocycles. The first-order chi connectivity index (χ1) is 6.31. The van der Waals surface area contributed by atoms with Gasteiger partial charge in [-0.15, -0.1) is 0 Å². The topological polar surface area (TPSA) is 44.8 Å². The molecule has 0 rings (SSSR count). The van der Waals surface area contributed by atoms with Crippen molar-refractivity contribution in [2.24, 2.45) is 0 Å². The van der Waals surface area contributed by atoms with E-state index in [0.717, 1.165) is 0 Å². The van der Waals surface area contributed by atoms with Crippen molar-refractivity contribution in [2.75, 3.05) is 38.8 Å². The standard InChI is InChI=1S/C8H16O4S.Sb.3H/c1-2-10-3-4-11-5-6-12-8(9)7-13;;;;/h13H,2-7H2,1H3;;;;. The summed E-state index contributed by atoms with van der Waals surface area (Å²) >= 11 is 3.75. The van der Waals surface area contributed by atoms with Crippen molar-refractivity contribution in [1.29, 1.82) is 0 Å². The zero-order valence-corrected chi connectivity index (χ0v) is 13.5. The van der Waals surface area contributed by atoms with Crippen LogP contribution in [0.3, 0.4) is 0 Å². The Morgan fingerprint density at radius 1 is 1.14 bits per heavy atom. The maximum absolute atomic E-state index is 10.6. The summed E-state index contributed by atoms with van der Waals surface area (Å²) in [5.41, 5.74) is 0. The Morgan fingerprint density at radius 3 is 2.29 bits per heavy atom. The fourth-order valence-electron chi connectivity index (χ4n) is 0.624. The van der Waals surface area contributed by atoms with Gasteiger partial charge in [-0.2, -0.15) is 12.6 Å². The van der Waals surface area contributed by atoms with Crippen molar-refractivity contribution in [1.82, 2.24) is 0 Å². The van der Waals surface area contributed by atoms with Gasteiger partial charge in [-0.3, -0.25) is 4.79 Å². The van der Waals surface area contributed by atoms with Gasteiger partial charge in [-0.25, -0.2) is 0 Å². The molecule has 0 aliphatic rings. The van der Waals surface area contributed by atoms with Gasteiger partial charge < -0.3 is 14.2 Å². The van der Waals surface area contributed by atoms with Gasteiger partial charge in [0.2, 0.25) is 0 Å². The van der Waals surface area contributed by atoms with E-state index in [1.54, 1.807) is 0 Å². The summed E-state index contributed by atoms with van der Waals surface area (Å²) in [6, 6.07) is 0. The zero-order valence-electron chi connectivity index (χ0n) is 8.53. The third-order valence-electron chi connectivity index (χ3n) is 1.20. The molecule has 86 valence electrons. The van der Waals surface area contributed by atoms with Gasteiger partial charge in [0, 0.05) is 6.61 Å². The van der Waals surface area contributed by atoms with E-state index in [-0.39, 0.29) is 42.8 Å². The predicted octanol–water partition coefficient (Wildman–Crippen LogP) is -0.671. The van der Waals surface area contributed by atoms with E-state index in [2.05, 4.69) is 12.6 Å². The number of thiol groups is 1. The van der Waals surface area contributed by atoms with Gasteiger partial charge in [-0.05, 0) is 6.92 Å². The van der Waals surface area contributed by atoms with E-state index < -0.39 is 0 Å². The molecule has 0 atom stereocenters. The minimum absolute atomic E-state index is 0. The number of carbonyl (C=O) groups is 1. The SMILES string of the molecule is CCOCCOCCOC(=O)CS.[SbH3]. The molecule has 0 aliphatic carbocycles. The molecule has 0 amide bonds. The number of ether oxygens (including phenoxy) is 3. The molecule has 0 aliphatic heterocycles. The summed E-state index contributed by atoms with van der Waals surface area (Å²) in [7, 11) is 0. The van der Waals surface area contributed by atoms with Crippen molar-refractivity contribution >= 4 is 43.0 Å². The Hall–Kier alpha value is 0.558. The number of esters is 1. The van der Waals surface area contributed by atoms with Crippen LogP contribution >= 0.6 is 12.6 Å². The van der Waals surface area contributed by atoms with Crippen LogP contribution in [0.1, 0.15) is 6.92 Å². The van der Waals surface area contributed by atoms with Gasteiger partial charge in [0.15, 0.2) is 0 Å². The summed E-state index contributed by atoms with van der Waals surface area (Å²) in [6.07, 6.45) is 0. The van der Waals surface area contributed by atoms with E-state index in [1.165, 1.54) is 0 Å². The van der Waals surface area contributed by atoms with E-state index in [9.17, 15) is 4.79 Å². The number of hydrogen-bond donors (Lipinski definition) is 1. The van der Waals surface area contributed by atoms with Gasteiger partial charge in [-0.1, -0.05) is 0 Å². The Labute approximate surface area is 108 Å². The molecular formula is C8H19O4SSb. The van der Waals surface area contributed by atoms with Crippen molar-refractivity contribution in [3.05, 3.63) is 0 Å². The molecule has 0 aromatic rings. The summed E-state index contributed by atoms with van der Waals surface area (Å²) in [6.45, 7) is 4.42. The van der Waals surface area contributed by atoms with Gasteiger partial charge in [0.1, 0.15) is 6.61 Å². The van der Waals surface area contributed by atoms with Gasteiger partial charge in [0.05, 0.1) is 25.6 Å². The van der Waals surface area contributed by atoms with Gasteiger partial charge in [0.25, 0.3) is 0 Å². The van der Waals surface area contributed by atoms with E-state index in [0.29, 0.717) is 26.4 Å². The first-order valence-corrected chi connectivity index (χ1v) is 4.86. The van der Waals surface area contributed by atoms with Crippen molar-refractivity contribution < 1.29 is 19.0 Å². The zero-order chi connectivity index (χ0) is 9.94. The van der Waals surface area contributed by atoms with Crippen LogP contribution in [0, 0.1) is 0 Å². The predicted molar refractivity (Wildman–Crippen MR) is 62.1 cm³/mol. The van der Waals surface area contributed by atoms with E-state index in [1.807, 2.05) is 6.92 Å². The molecule has 0 aromatic carbocycles. The van der Waals surface area contributed by atoms with Crippen LogP contribution < -0.4 is 0 Å². The molecule has 0 radical (unpaired) electrons. The van der Waals surface area contributed by atoms with Crippen LogP contribution in [-0.4, -0.2) is 69.2 Å². The van der Waals surface area contributed by atoms with Crippen molar-refractivity contribution in [3.8, 4) is 0 Å². The van der Waals surface area contributed by atoms with Crippen LogP contribution in [0.15, 0.2) is 0 Å². The van der Waals surface area contributed by atoms with Crippen molar-refractivity contribution in [3.63, 3.8) is 0 Å². The molecule has 0 bridgehead atoms. The minimum atomic E-state index is -0.322. The molecular weight excluding hydrogens is 314 g/mol. The summed E-state index contributed by atoms with van der Waals surface area (Å²) in [5, 5.41) is 0. The number of hydrogen-bond acceptors (Lipinski definition) is 5. The van der Waals surface area contributed by atoms with Crippen LogP contribution in [0.4, 0.5) is 0 Å². The summed E-state index contributed by atoms with van der Waals surface area (Å²) in [5.74, 6) is -0.212. The molecule has 0 spiro atoms. The monoisotopic (exact) mass is 332 g/mol. The maximum atomic E-state index is 10.6. The van der Waals surface area contributed by atoms with Crippen LogP contribution in [0.2, 0.25) is 0 Å². The fraction of sp³-hybridized carbons (Fsp3) is 0.875. The molecule has 14 heavy (non-hydrogen) atoms. The number of carbonyl (C=O) groups excluding carboxylic acids is 1. The third kappa shape index (κ3) is 12.6. The molecule has 0 saturated heterocycles. The molecule has 6 heteroatoms. The first kappa shape index (κ1) is 17.0. The second-order valence-corrected chi connectivity index (χ2v) is 2.50. The quantitative estimate of drug-likeness (QED) is 0.277. The molecule has 0 unspecified atom stereocenters. The Morgan fingerprint density at radius 2 is 1.71 bits per heavy atom. The normalized spacial score (nSPS) is 9.29. The molecule has 0 N–H and O–H groups in total. The Kier molecular flexibility index (Phi) is 16.4. The Balaban J connectivity index is 0. The second-order valence-electron chi connectivity index (χ2n) is 2.19. The second kappa shape index (κ2) is 13.6. The average Bonchev–Trinajstić information content (AvgIpc) is 2.16. The first-order valence-electron chi connectivity index (χ1n) is 4.23. The molecule has 0 fully saturated rings. The van der Waals surface area contributed by atoms with E-state index >= 15 is 0 Å².